The second kappa shape index (κ2) is 3.55. The van der Waals surface area contributed by atoms with Crippen LogP contribution in [0.25, 0.3) is 0 Å². The normalized spacial score (nSPS) is 13.1. The van der Waals surface area contributed by atoms with E-state index in [1.54, 1.807) is 0 Å². The van der Waals surface area contributed by atoms with E-state index in [4.69, 9.17) is 0 Å². The highest BCUT2D eigenvalue weighted by Gasteiger charge is 2.16. The first kappa shape index (κ1) is 9.77. The van der Waals surface area contributed by atoms with Crippen molar-refractivity contribution in [2.24, 2.45) is 0 Å². The van der Waals surface area contributed by atoms with Crippen molar-refractivity contribution in [1.82, 2.24) is 4.98 Å². The van der Waals surface area contributed by atoms with Gasteiger partial charge in [0.1, 0.15) is 0 Å². The Hall–Kier alpha value is -1.44. The van der Waals surface area contributed by atoms with E-state index in [9.17, 15) is 0 Å². The van der Waals surface area contributed by atoms with E-state index in [2.05, 4.69) is 49.2 Å². The summed E-state index contributed by atoms with van der Waals surface area (Å²) in [6, 6.07) is 6.97. The minimum Gasteiger partial charge on any atom is -0.367 e. The minimum absolute atomic E-state index is 0.623. The molecule has 0 saturated heterocycles. The average Bonchev–Trinajstić information content (AvgIpc) is 2.71. The number of benzene rings is 1. The predicted molar refractivity (Wildman–Crippen MR) is 70.0 cm³/mol. The fourth-order valence-electron chi connectivity index (χ4n) is 2.51. The fraction of sp³-hybridized carbons (Fsp3) is 0.286. The van der Waals surface area contributed by atoms with Crippen molar-refractivity contribution in [2.75, 3.05) is 0 Å². The van der Waals surface area contributed by atoms with Crippen LogP contribution in [0.2, 0.25) is 13.6 Å². The highest BCUT2D eigenvalue weighted by Crippen LogP contribution is 2.25. The lowest BCUT2D eigenvalue weighted by Gasteiger charge is -2.18. The largest absolute Gasteiger partial charge is 0.367 e. The summed E-state index contributed by atoms with van der Waals surface area (Å²) in [4.78, 5) is 3.21. The maximum atomic E-state index is 3.21. The summed E-state index contributed by atoms with van der Waals surface area (Å²) in [5.41, 5.74) is 7.39. The molecule has 0 fully saturated rings. The Kier molecular flexibility index (Phi) is 2.17. The molecule has 0 atom stereocenters. The lowest BCUT2D eigenvalue weighted by atomic mass is 9.49. The molecule has 3 rings (SSSR count). The van der Waals surface area contributed by atoms with E-state index < -0.39 is 0 Å². The molecule has 0 saturated carbocycles. The van der Waals surface area contributed by atoms with Crippen molar-refractivity contribution in [1.29, 1.82) is 0 Å². The molecule has 0 radical (unpaired) electrons. The standard InChI is InChI=1S/C14H16BN/c1-15(2)14-4-3-10-5-12-8-16-9-13(12)6-11(10)7-14/h3-4,7-9,16H,5-6H2,1-2H3. The van der Waals surface area contributed by atoms with Gasteiger partial charge in [0.05, 0.1) is 0 Å². The molecule has 16 heavy (non-hydrogen) atoms. The lowest BCUT2D eigenvalue weighted by Crippen LogP contribution is -2.24. The van der Waals surface area contributed by atoms with E-state index in [1.165, 1.54) is 27.7 Å². The molecule has 1 heterocycles. The van der Waals surface area contributed by atoms with Gasteiger partial charge >= 0.3 is 0 Å². The van der Waals surface area contributed by atoms with Gasteiger partial charge in [0.25, 0.3) is 0 Å². The molecule has 1 aliphatic rings. The third-order valence-corrected chi connectivity index (χ3v) is 3.59. The van der Waals surface area contributed by atoms with Crippen molar-refractivity contribution < 1.29 is 0 Å². The highest BCUT2D eigenvalue weighted by molar-refractivity contribution is 6.70. The van der Waals surface area contributed by atoms with Gasteiger partial charge in [-0.2, -0.15) is 0 Å². The first-order valence-electron chi connectivity index (χ1n) is 6.00. The highest BCUT2D eigenvalue weighted by atomic mass is 14.6. The van der Waals surface area contributed by atoms with Crippen molar-refractivity contribution in [3.05, 3.63) is 52.8 Å². The van der Waals surface area contributed by atoms with Crippen molar-refractivity contribution >= 4 is 12.2 Å². The van der Waals surface area contributed by atoms with Gasteiger partial charge in [0.15, 0.2) is 6.71 Å². The third kappa shape index (κ3) is 1.49. The van der Waals surface area contributed by atoms with Crippen LogP contribution in [0.15, 0.2) is 30.6 Å². The maximum absolute atomic E-state index is 3.21. The van der Waals surface area contributed by atoms with Crippen LogP contribution in [-0.4, -0.2) is 11.7 Å². The van der Waals surface area contributed by atoms with Gasteiger partial charge in [-0.15, -0.1) is 0 Å². The Morgan fingerprint density at radius 3 is 2.31 bits per heavy atom. The van der Waals surface area contributed by atoms with Crippen molar-refractivity contribution in [3.63, 3.8) is 0 Å². The van der Waals surface area contributed by atoms with Crippen LogP contribution in [0, 0.1) is 0 Å². The molecular weight excluding hydrogens is 193 g/mol. The van der Waals surface area contributed by atoms with E-state index in [0.717, 1.165) is 12.8 Å². The second-order valence-electron chi connectivity index (χ2n) is 5.04. The Morgan fingerprint density at radius 1 is 0.938 bits per heavy atom. The van der Waals surface area contributed by atoms with Crippen LogP contribution in [0.3, 0.4) is 0 Å². The SMILES string of the molecule is CB(C)c1ccc2c(c1)Cc1c[nH]cc1C2. The number of rotatable bonds is 1. The Labute approximate surface area is 97.0 Å². The number of hydrogen-bond donors (Lipinski definition) is 1. The number of hydrogen-bond acceptors (Lipinski definition) is 0. The summed E-state index contributed by atoms with van der Waals surface area (Å²) in [6.07, 6.45) is 6.45. The number of nitrogens with one attached hydrogen (secondary N) is 1. The molecule has 1 aliphatic carbocycles. The summed E-state index contributed by atoms with van der Waals surface area (Å²) in [5, 5.41) is 0. The second-order valence-corrected chi connectivity index (χ2v) is 5.04. The Bertz CT molecular complexity index is 525. The van der Waals surface area contributed by atoms with E-state index in [1.807, 2.05) is 0 Å². The monoisotopic (exact) mass is 209 g/mol. The topological polar surface area (TPSA) is 15.8 Å². The minimum atomic E-state index is 0.623. The van der Waals surface area contributed by atoms with Crippen molar-refractivity contribution in [3.8, 4) is 0 Å². The quantitative estimate of drug-likeness (QED) is 0.592. The summed E-state index contributed by atoms with van der Waals surface area (Å²) in [6.45, 7) is 5.14. The van der Waals surface area contributed by atoms with Gasteiger partial charge < -0.3 is 4.98 Å². The predicted octanol–water partition coefficient (Wildman–Crippen LogP) is 2.47. The van der Waals surface area contributed by atoms with Gasteiger partial charge in [0.2, 0.25) is 0 Å². The average molecular weight is 209 g/mol. The molecule has 1 aromatic heterocycles. The zero-order valence-electron chi connectivity index (χ0n) is 9.88. The van der Waals surface area contributed by atoms with E-state index >= 15 is 0 Å². The molecule has 2 heteroatoms. The molecular formula is C14H16BN. The maximum Gasteiger partial charge on any atom is 0.169 e. The smallest absolute Gasteiger partial charge is 0.169 e. The number of H-pyrrole nitrogens is 1. The van der Waals surface area contributed by atoms with Crippen LogP contribution in [0.4, 0.5) is 0 Å². The first-order chi connectivity index (χ1) is 7.74. The molecule has 0 spiro atoms. The van der Waals surface area contributed by atoms with Gasteiger partial charge in [-0.25, -0.2) is 0 Å². The number of fused-ring (bicyclic) bond motifs is 2. The lowest BCUT2D eigenvalue weighted by molar-refractivity contribution is 1.02. The van der Waals surface area contributed by atoms with Crippen LogP contribution >= 0.6 is 0 Å². The molecule has 0 unspecified atom stereocenters. The van der Waals surface area contributed by atoms with Crippen LogP contribution in [0.1, 0.15) is 22.3 Å². The molecule has 1 N–H and O–H groups in total. The van der Waals surface area contributed by atoms with Crippen LogP contribution < -0.4 is 5.46 Å². The summed E-state index contributed by atoms with van der Waals surface area (Å²) < 4.78 is 0. The molecule has 2 aromatic rings. The summed E-state index contributed by atoms with van der Waals surface area (Å²) >= 11 is 0. The third-order valence-electron chi connectivity index (χ3n) is 3.59. The molecule has 1 aromatic carbocycles. The zero-order chi connectivity index (χ0) is 11.1. The number of aromatic amines is 1. The molecule has 0 bridgehead atoms. The van der Waals surface area contributed by atoms with Crippen molar-refractivity contribution in [2.45, 2.75) is 26.5 Å². The molecule has 80 valence electrons. The van der Waals surface area contributed by atoms with Gasteiger partial charge in [-0.05, 0) is 35.1 Å². The Morgan fingerprint density at radius 2 is 1.62 bits per heavy atom. The van der Waals surface area contributed by atoms with Crippen LogP contribution in [0.5, 0.6) is 0 Å². The summed E-state index contributed by atoms with van der Waals surface area (Å²) in [5.74, 6) is 0. The zero-order valence-corrected chi connectivity index (χ0v) is 9.88. The number of aromatic nitrogens is 1. The molecule has 0 amide bonds. The van der Waals surface area contributed by atoms with E-state index in [-0.39, 0.29) is 0 Å². The summed E-state index contributed by atoms with van der Waals surface area (Å²) in [7, 11) is 0. The van der Waals surface area contributed by atoms with E-state index in [0.29, 0.717) is 6.71 Å². The Balaban J connectivity index is 2.03. The molecule has 0 aliphatic heterocycles. The van der Waals surface area contributed by atoms with Gasteiger partial charge in [-0.1, -0.05) is 37.3 Å². The van der Waals surface area contributed by atoms with Gasteiger partial charge in [0, 0.05) is 12.4 Å². The fourth-order valence-corrected chi connectivity index (χ4v) is 2.51. The molecule has 1 nitrogen and oxygen atoms in total. The van der Waals surface area contributed by atoms with Gasteiger partial charge in [-0.3, -0.25) is 0 Å². The van der Waals surface area contributed by atoms with Crippen LogP contribution in [-0.2, 0) is 12.8 Å². The first-order valence-corrected chi connectivity index (χ1v) is 6.00.